The Balaban J connectivity index is 0.0000000981. The highest BCUT2D eigenvalue weighted by Crippen LogP contribution is 2.56. The Morgan fingerprint density at radius 1 is 0.133 bits per heavy atom. The summed E-state index contributed by atoms with van der Waals surface area (Å²) < 4.78 is 7.10. The minimum absolute atomic E-state index is 0.831. The minimum atomic E-state index is 0.831. The summed E-state index contributed by atoms with van der Waals surface area (Å²) in [5, 5.41) is 26.8. The number of aromatic nitrogens is 9. The second-order valence-corrected chi connectivity index (χ2v) is 38.0. The largest absolute Gasteiger partial charge is 0.292 e. The number of nitrogens with zero attached hydrogens (tertiary/aromatic N) is 9. The molecule has 658 valence electrons. The summed E-state index contributed by atoms with van der Waals surface area (Å²) in [5.41, 5.74) is 35.4. The van der Waals surface area contributed by atoms with Gasteiger partial charge in [-0.05, 0) is 209 Å². The maximum Gasteiger partial charge on any atom is 0.165 e. The Kier molecular flexibility index (Phi) is 16.9. The number of rotatable bonds is 7. The Hall–Kier alpha value is -19.2. The van der Waals surface area contributed by atoms with Crippen LogP contribution in [0, 0.1) is 0 Å². The topological polar surface area (TPSA) is 92.1 Å². The smallest absolute Gasteiger partial charge is 0.165 e. The maximum absolute atomic E-state index is 5.62. The normalized spacial score (nSPS) is 12.2. The number of benzene rings is 24. The van der Waals surface area contributed by atoms with Crippen molar-refractivity contribution in [2.24, 2.45) is 0 Å². The van der Waals surface area contributed by atoms with Gasteiger partial charge in [0.2, 0.25) is 0 Å². The van der Waals surface area contributed by atoms with Crippen LogP contribution in [-0.4, -0.2) is 43.6 Å². The van der Waals surface area contributed by atoms with Gasteiger partial charge in [-0.3, -0.25) is 13.7 Å². The number of hydrogen-bond donors (Lipinski definition) is 0. The predicted molar refractivity (Wildman–Crippen MR) is 597 cm³/mol. The van der Waals surface area contributed by atoms with Gasteiger partial charge in [0.05, 0.1) is 66.2 Å². The fraction of sp³-hybridized carbons (Fsp3) is 0. The van der Waals surface area contributed by atoms with Crippen LogP contribution in [0.4, 0.5) is 0 Å². The second-order valence-electron chi connectivity index (χ2n) is 38.0. The van der Waals surface area contributed by atoms with Crippen LogP contribution in [0.5, 0.6) is 0 Å². The van der Waals surface area contributed by atoms with E-state index in [-0.39, 0.29) is 0 Å². The highest BCUT2D eigenvalue weighted by Gasteiger charge is 2.33. The van der Waals surface area contributed by atoms with Gasteiger partial charge in [-0.1, -0.05) is 406 Å². The van der Waals surface area contributed by atoms with Crippen molar-refractivity contribution in [2.75, 3.05) is 0 Å². The zero-order valence-corrected chi connectivity index (χ0v) is 77.0. The Bertz CT molecular complexity index is 10500. The van der Waals surface area contributed by atoms with E-state index in [1.807, 2.05) is 0 Å². The van der Waals surface area contributed by atoms with E-state index in [2.05, 4.69) is 481 Å². The fourth-order valence-electron chi connectivity index (χ4n) is 24.3. The van der Waals surface area contributed by atoms with Gasteiger partial charge in [0.1, 0.15) is 17.1 Å². The van der Waals surface area contributed by atoms with Crippen LogP contribution in [0.2, 0.25) is 0 Å². The van der Waals surface area contributed by atoms with E-state index < -0.39 is 0 Å². The molecule has 30 aromatic rings. The van der Waals surface area contributed by atoms with Gasteiger partial charge in [0, 0.05) is 65.2 Å². The van der Waals surface area contributed by atoms with E-state index >= 15 is 0 Å². The standard InChI is InChI=1S/C46H27N3.2C44H25N3/c1-2-10-28(11-3-1)29-22-24-32(25-23-29)44-46(48-45-33-15-5-4-12-30(33)26-27-38(45)47-44)49-39-20-8-18-36-34-16-6-13-31-14-7-17-35(41(31)34)37-19-9-21-40(49)43(37)42(36)39;1-3-15-29-26(10-1)12-5-21-35(29)43-44(46-42-30-16-4-2-11-27(30)24-25-36(42)45-43)47-37-22-8-19-33-31-17-6-13-28-14-7-18-32(39(28)31)34-20-9-23-38(47)41(34)40(33)37;1-2-11-29-25-30(22-21-26(29)9-1)42-44(46-43-31-14-4-3-10-27(31)23-24-36(43)45-42)47-37-19-7-17-34-32-15-5-12-28-13-6-16-33(39(28)32)35-18-8-20-38(47)41(35)40(34)37/h1-27H;2*1-25H. The van der Waals surface area contributed by atoms with Gasteiger partial charge < -0.3 is 0 Å². The van der Waals surface area contributed by atoms with Gasteiger partial charge in [0.25, 0.3) is 0 Å². The van der Waals surface area contributed by atoms with Gasteiger partial charge in [-0.25, -0.2) is 29.9 Å². The first-order valence-corrected chi connectivity index (χ1v) is 49.0. The van der Waals surface area contributed by atoms with Crippen LogP contribution in [0.15, 0.2) is 467 Å². The van der Waals surface area contributed by atoms with Crippen LogP contribution in [0.25, 0.3) is 314 Å². The predicted octanol–water partition coefficient (Wildman–Crippen LogP) is 35.0. The summed E-state index contributed by atoms with van der Waals surface area (Å²) in [5.74, 6) is 2.51. The lowest BCUT2D eigenvalue weighted by atomic mass is 9.93. The highest BCUT2D eigenvalue weighted by molar-refractivity contribution is 6.31. The van der Waals surface area contributed by atoms with E-state index in [4.69, 9.17) is 29.9 Å². The van der Waals surface area contributed by atoms with Crippen molar-refractivity contribution in [3.05, 3.63) is 467 Å². The van der Waals surface area contributed by atoms with Crippen molar-refractivity contribution in [1.29, 1.82) is 0 Å². The molecule has 0 N–H and O–H groups in total. The van der Waals surface area contributed by atoms with Crippen LogP contribution >= 0.6 is 0 Å². The summed E-state index contributed by atoms with van der Waals surface area (Å²) in [4.78, 5) is 33.1. The third-order valence-corrected chi connectivity index (χ3v) is 30.5. The number of fused-ring (bicyclic) bond motifs is 17. The Morgan fingerprint density at radius 2 is 0.371 bits per heavy atom. The zero-order chi connectivity index (χ0) is 93.3. The van der Waals surface area contributed by atoms with E-state index in [1.165, 1.54) is 159 Å². The minimum Gasteiger partial charge on any atom is -0.292 e. The van der Waals surface area contributed by atoms with Crippen molar-refractivity contribution < 1.29 is 0 Å². The molecular formula is C134H77N9. The molecule has 9 heteroatoms. The molecule has 0 saturated heterocycles. The first-order chi connectivity index (χ1) is 71.0. The SMILES string of the molecule is c1ccc(-c2ccc(-c3nc4ccc5ccccc5c4nc3-n3c4cccc5c4c4c(cccc43)-c3cccc4cccc-5c34)cc2)cc1.c1ccc2c(-c3nc4ccc5ccccc5c4nc3-n3c4cccc5c4c4c(cccc43)-c3cccc4cccc-5c34)cccc2c1.c1ccc2cc(-c3nc4ccc5ccccc5c4nc3-n3c4cccc5c4c4c(cccc43)-c3cccc4cccc-5c34)ccc2c1. The summed E-state index contributed by atoms with van der Waals surface area (Å²) in [6.07, 6.45) is 0. The van der Waals surface area contributed by atoms with Crippen molar-refractivity contribution in [2.45, 2.75) is 0 Å². The molecule has 6 heterocycles. The van der Waals surface area contributed by atoms with Crippen LogP contribution in [0.3, 0.4) is 0 Å². The van der Waals surface area contributed by atoms with Crippen molar-refractivity contribution >= 4 is 185 Å². The molecule has 0 spiro atoms. The van der Waals surface area contributed by atoms with E-state index in [1.54, 1.807) is 0 Å². The lowest BCUT2D eigenvalue weighted by Gasteiger charge is -2.17. The van der Waals surface area contributed by atoms with E-state index in [9.17, 15) is 0 Å². The van der Waals surface area contributed by atoms with E-state index in [0.29, 0.717) is 0 Å². The van der Waals surface area contributed by atoms with Crippen molar-refractivity contribution in [3.8, 4) is 129 Å². The van der Waals surface area contributed by atoms with Gasteiger partial charge in [-0.15, -0.1) is 0 Å². The molecule has 0 saturated carbocycles. The molecule has 0 unspecified atom stereocenters. The highest BCUT2D eigenvalue weighted by atomic mass is 15.1. The molecule has 9 nitrogen and oxygen atoms in total. The Labute approximate surface area is 818 Å². The average molecular weight is 1810 g/mol. The second kappa shape index (κ2) is 30.6. The third kappa shape index (κ3) is 11.7. The van der Waals surface area contributed by atoms with Crippen molar-refractivity contribution in [1.82, 2.24) is 43.6 Å². The van der Waals surface area contributed by atoms with Gasteiger partial charge in [-0.2, -0.15) is 0 Å². The molecule has 3 aliphatic carbocycles. The van der Waals surface area contributed by atoms with Gasteiger partial charge >= 0.3 is 0 Å². The lowest BCUT2D eigenvalue weighted by molar-refractivity contribution is 1.08. The van der Waals surface area contributed by atoms with Crippen LogP contribution in [-0.2, 0) is 0 Å². The molecule has 0 fully saturated rings. The molecule has 24 aromatic carbocycles. The quantitative estimate of drug-likeness (QED) is 0.148. The molecule has 6 aromatic heterocycles. The summed E-state index contributed by atoms with van der Waals surface area (Å²) in [6.45, 7) is 0. The van der Waals surface area contributed by atoms with Crippen LogP contribution in [0.1, 0.15) is 0 Å². The Morgan fingerprint density at radius 3 is 0.734 bits per heavy atom. The number of hydrogen-bond acceptors (Lipinski definition) is 6. The molecule has 0 aliphatic heterocycles. The fourth-order valence-corrected chi connectivity index (χ4v) is 24.3. The first kappa shape index (κ1) is 78.9. The summed E-state index contributed by atoms with van der Waals surface area (Å²) in [6, 6.07) is 168. The maximum atomic E-state index is 5.62. The zero-order valence-electron chi connectivity index (χ0n) is 77.0. The molecule has 33 rings (SSSR count). The summed E-state index contributed by atoms with van der Waals surface area (Å²) in [7, 11) is 0. The van der Waals surface area contributed by atoms with Crippen LogP contribution < -0.4 is 0 Å². The lowest BCUT2D eigenvalue weighted by Crippen LogP contribution is -2.04. The summed E-state index contributed by atoms with van der Waals surface area (Å²) >= 11 is 0. The van der Waals surface area contributed by atoms with Gasteiger partial charge in [0.15, 0.2) is 17.5 Å². The molecule has 0 atom stereocenters. The molecule has 0 radical (unpaired) electrons. The molecule has 3 aliphatic rings. The average Bonchev–Trinajstić information content (AvgIpc) is 1.55. The monoisotopic (exact) mass is 1810 g/mol. The molecule has 143 heavy (non-hydrogen) atoms. The van der Waals surface area contributed by atoms with Crippen molar-refractivity contribution in [3.63, 3.8) is 0 Å². The molecule has 0 bridgehead atoms. The third-order valence-electron chi connectivity index (χ3n) is 30.5. The first-order valence-electron chi connectivity index (χ1n) is 49.0. The molecule has 0 amide bonds. The van der Waals surface area contributed by atoms with E-state index in [0.717, 1.165) is 155 Å². The molecular weight excluding hydrogens is 1740 g/mol.